The number of nitrogens with zero attached hydrogens (tertiary/aromatic N) is 1. The summed E-state index contributed by atoms with van der Waals surface area (Å²) in [6, 6.07) is 8.19. The van der Waals surface area contributed by atoms with Crippen molar-refractivity contribution < 1.29 is 9.53 Å². The van der Waals surface area contributed by atoms with E-state index in [2.05, 4.69) is 25.6 Å². The lowest BCUT2D eigenvalue weighted by molar-refractivity contribution is -0.132. The van der Waals surface area contributed by atoms with Crippen molar-refractivity contribution in [1.82, 2.24) is 4.90 Å². The fourth-order valence-corrected chi connectivity index (χ4v) is 2.78. The highest BCUT2D eigenvalue weighted by Gasteiger charge is 2.22. The van der Waals surface area contributed by atoms with Crippen molar-refractivity contribution in [2.75, 3.05) is 26.3 Å². The van der Waals surface area contributed by atoms with Crippen LogP contribution in [0, 0.1) is 12.8 Å². The molecule has 21 heavy (non-hydrogen) atoms. The van der Waals surface area contributed by atoms with Crippen molar-refractivity contribution in [3.8, 4) is 0 Å². The fourth-order valence-electron chi connectivity index (χ4n) is 2.78. The second kappa shape index (κ2) is 7.99. The molecule has 0 saturated carbocycles. The number of amides is 1. The summed E-state index contributed by atoms with van der Waals surface area (Å²) < 4.78 is 5.51. The summed E-state index contributed by atoms with van der Waals surface area (Å²) >= 11 is 0. The fraction of sp³-hybridized carbons (Fsp3) is 0.500. The van der Waals surface area contributed by atoms with Gasteiger partial charge in [-0.15, -0.1) is 6.58 Å². The molecule has 3 heteroatoms. The molecule has 3 nitrogen and oxygen atoms in total. The highest BCUT2D eigenvalue weighted by molar-refractivity contribution is 5.78. The Balaban J connectivity index is 1.76. The molecule has 1 amide bonds. The van der Waals surface area contributed by atoms with Crippen LogP contribution in [-0.2, 0) is 16.0 Å². The number of likely N-dealkylation sites (tertiary alicyclic amines) is 1. The molecule has 0 N–H and O–H groups in total. The highest BCUT2D eigenvalue weighted by atomic mass is 16.5. The first-order chi connectivity index (χ1) is 10.2. The SMILES string of the molecule is C=CCOCC1CCN(C(=O)Cc2cccc(C)c2)CC1. The van der Waals surface area contributed by atoms with Crippen LogP contribution in [0.25, 0.3) is 0 Å². The number of rotatable bonds is 6. The average molecular weight is 287 g/mol. The van der Waals surface area contributed by atoms with E-state index in [1.165, 1.54) is 5.56 Å². The van der Waals surface area contributed by atoms with Gasteiger partial charge in [0, 0.05) is 19.7 Å². The molecule has 0 aromatic heterocycles. The van der Waals surface area contributed by atoms with Crippen molar-refractivity contribution in [3.05, 3.63) is 48.0 Å². The number of hydrogen-bond acceptors (Lipinski definition) is 2. The van der Waals surface area contributed by atoms with E-state index in [0.717, 1.165) is 38.1 Å². The third-order valence-corrected chi connectivity index (χ3v) is 3.99. The molecule has 1 heterocycles. The van der Waals surface area contributed by atoms with Crippen LogP contribution in [-0.4, -0.2) is 37.1 Å². The lowest BCUT2D eigenvalue weighted by Gasteiger charge is -2.32. The topological polar surface area (TPSA) is 29.5 Å². The normalized spacial score (nSPS) is 16.0. The molecular formula is C18H25NO2. The van der Waals surface area contributed by atoms with Gasteiger partial charge in [-0.3, -0.25) is 4.79 Å². The molecule has 1 aliphatic heterocycles. The third kappa shape index (κ3) is 5.01. The minimum Gasteiger partial charge on any atom is -0.377 e. The summed E-state index contributed by atoms with van der Waals surface area (Å²) in [6.07, 6.45) is 4.37. The number of carbonyl (C=O) groups excluding carboxylic acids is 1. The molecule has 0 spiro atoms. The molecule has 114 valence electrons. The summed E-state index contributed by atoms with van der Waals surface area (Å²) in [4.78, 5) is 14.3. The Hall–Kier alpha value is -1.61. The van der Waals surface area contributed by atoms with E-state index in [-0.39, 0.29) is 5.91 Å². The Morgan fingerprint density at radius 1 is 1.43 bits per heavy atom. The van der Waals surface area contributed by atoms with Gasteiger partial charge in [-0.2, -0.15) is 0 Å². The first-order valence-electron chi connectivity index (χ1n) is 7.71. The maximum Gasteiger partial charge on any atom is 0.226 e. The van der Waals surface area contributed by atoms with Gasteiger partial charge in [0.1, 0.15) is 0 Å². The number of ether oxygens (including phenoxy) is 1. The molecule has 0 radical (unpaired) electrons. The molecule has 1 fully saturated rings. The van der Waals surface area contributed by atoms with Crippen LogP contribution >= 0.6 is 0 Å². The Labute approximate surface area is 127 Å². The van der Waals surface area contributed by atoms with Crippen LogP contribution in [0.4, 0.5) is 0 Å². The van der Waals surface area contributed by atoms with Gasteiger partial charge in [-0.1, -0.05) is 35.9 Å². The molecule has 0 aliphatic carbocycles. The molecule has 1 saturated heterocycles. The Morgan fingerprint density at radius 2 is 2.19 bits per heavy atom. The number of piperidine rings is 1. The Bertz CT molecular complexity index is 476. The number of carbonyl (C=O) groups is 1. The number of hydrogen-bond donors (Lipinski definition) is 0. The van der Waals surface area contributed by atoms with E-state index in [1.54, 1.807) is 6.08 Å². The quantitative estimate of drug-likeness (QED) is 0.594. The zero-order valence-corrected chi connectivity index (χ0v) is 12.9. The van der Waals surface area contributed by atoms with Crippen molar-refractivity contribution in [2.45, 2.75) is 26.2 Å². The predicted octanol–water partition coefficient (Wildman–Crippen LogP) is 2.98. The van der Waals surface area contributed by atoms with Crippen molar-refractivity contribution >= 4 is 5.91 Å². The maximum absolute atomic E-state index is 12.3. The zero-order valence-electron chi connectivity index (χ0n) is 12.9. The van der Waals surface area contributed by atoms with Crippen LogP contribution in [0.5, 0.6) is 0 Å². The van der Waals surface area contributed by atoms with Gasteiger partial charge in [0.25, 0.3) is 0 Å². The summed E-state index contributed by atoms with van der Waals surface area (Å²) in [5, 5.41) is 0. The monoisotopic (exact) mass is 287 g/mol. The van der Waals surface area contributed by atoms with Gasteiger partial charge in [0.2, 0.25) is 5.91 Å². The predicted molar refractivity (Wildman–Crippen MR) is 85.2 cm³/mol. The lowest BCUT2D eigenvalue weighted by atomic mass is 9.97. The van der Waals surface area contributed by atoms with Gasteiger partial charge in [0.05, 0.1) is 13.0 Å². The zero-order chi connectivity index (χ0) is 15.1. The first-order valence-corrected chi connectivity index (χ1v) is 7.71. The average Bonchev–Trinajstić information content (AvgIpc) is 2.48. The largest absolute Gasteiger partial charge is 0.377 e. The van der Waals surface area contributed by atoms with Gasteiger partial charge < -0.3 is 9.64 Å². The summed E-state index contributed by atoms with van der Waals surface area (Å²) in [5.74, 6) is 0.819. The van der Waals surface area contributed by atoms with Crippen LogP contribution in [0.1, 0.15) is 24.0 Å². The highest BCUT2D eigenvalue weighted by Crippen LogP contribution is 2.18. The molecule has 1 aliphatic rings. The van der Waals surface area contributed by atoms with Crippen LogP contribution < -0.4 is 0 Å². The van der Waals surface area contributed by atoms with Crippen molar-refractivity contribution in [3.63, 3.8) is 0 Å². The lowest BCUT2D eigenvalue weighted by Crippen LogP contribution is -2.40. The van der Waals surface area contributed by atoms with E-state index in [1.807, 2.05) is 17.0 Å². The minimum absolute atomic E-state index is 0.242. The number of benzene rings is 1. The molecule has 1 aromatic rings. The standard InChI is InChI=1S/C18H25NO2/c1-3-11-21-14-16-7-9-19(10-8-16)18(20)13-17-6-4-5-15(2)12-17/h3-6,12,16H,1,7-11,13-14H2,2H3. The van der Waals surface area contributed by atoms with E-state index >= 15 is 0 Å². The van der Waals surface area contributed by atoms with E-state index < -0.39 is 0 Å². The molecule has 0 unspecified atom stereocenters. The Kier molecular flexibility index (Phi) is 6.00. The van der Waals surface area contributed by atoms with Gasteiger partial charge >= 0.3 is 0 Å². The smallest absolute Gasteiger partial charge is 0.226 e. The molecule has 0 atom stereocenters. The maximum atomic E-state index is 12.3. The summed E-state index contributed by atoms with van der Waals surface area (Å²) in [7, 11) is 0. The Morgan fingerprint density at radius 3 is 2.86 bits per heavy atom. The van der Waals surface area contributed by atoms with E-state index in [0.29, 0.717) is 18.9 Å². The third-order valence-electron chi connectivity index (χ3n) is 3.99. The van der Waals surface area contributed by atoms with Gasteiger partial charge in [0.15, 0.2) is 0 Å². The van der Waals surface area contributed by atoms with Crippen LogP contribution in [0.2, 0.25) is 0 Å². The van der Waals surface area contributed by atoms with Crippen LogP contribution in [0.3, 0.4) is 0 Å². The second-order valence-electron chi connectivity index (χ2n) is 5.82. The van der Waals surface area contributed by atoms with E-state index in [9.17, 15) is 4.79 Å². The molecule has 1 aromatic carbocycles. The van der Waals surface area contributed by atoms with Crippen molar-refractivity contribution in [1.29, 1.82) is 0 Å². The second-order valence-corrected chi connectivity index (χ2v) is 5.82. The van der Waals surface area contributed by atoms with Gasteiger partial charge in [-0.05, 0) is 31.2 Å². The molecular weight excluding hydrogens is 262 g/mol. The van der Waals surface area contributed by atoms with Crippen molar-refractivity contribution in [2.24, 2.45) is 5.92 Å². The summed E-state index contributed by atoms with van der Waals surface area (Å²) in [6.45, 7) is 8.81. The summed E-state index contributed by atoms with van der Waals surface area (Å²) in [5.41, 5.74) is 2.31. The number of aryl methyl sites for hydroxylation is 1. The molecule has 0 bridgehead atoms. The minimum atomic E-state index is 0.242. The van der Waals surface area contributed by atoms with E-state index in [4.69, 9.17) is 4.74 Å². The molecule has 2 rings (SSSR count). The first kappa shape index (κ1) is 15.8. The van der Waals surface area contributed by atoms with Gasteiger partial charge in [-0.25, -0.2) is 0 Å². The van der Waals surface area contributed by atoms with Crippen LogP contribution in [0.15, 0.2) is 36.9 Å².